The highest BCUT2D eigenvalue weighted by atomic mass is 35.5. The van der Waals surface area contributed by atoms with Crippen LogP contribution < -0.4 is 0 Å². The highest BCUT2D eigenvalue weighted by molar-refractivity contribution is 6.30. The summed E-state index contributed by atoms with van der Waals surface area (Å²) in [6.45, 7) is 6.96. The summed E-state index contributed by atoms with van der Waals surface area (Å²) < 4.78 is 20.8. The third-order valence-corrected chi connectivity index (χ3v) is 5.98. The Morgan fingerprint density at radius 1 is 1.16 bits per heavy atom. The normalized spacial score (nSPS) is 12.2. The fraction of sp³-hybridized carbons (Fsp3) is 0.333. The molecule has 3 aromatic rings. The number of ether oxygens (including phenoxy) is 1. The first-order valence-corrected chi connectivity index (χ1v) is 11.0. The van der Waals surface area contributed by atoms with Gasteiger partial charge in [-0.3, -0.25) is 0 Å². The number of hydrogen-bond acceptors (Lipinski definition) is 4. The van der Waals surface area contributed by atoms with Gasteiger partial charge in [0.05, 0.1) is 11.4 Å². The van der Waals surface area contributed by atoms with Gasteiger partial charge in [0.2, 0.25) is 0 Å². The minimum atomic E-state index is -0.429. The molecule has 0 aliphatic heterocycles. The van der Waals surface area contributed by atoms with Gasteiger partial charge in [-0.1, -0.05) is 31.5 Å². The van der Waals surface area contributed by atoms with Crippen LogP contribution in [0.3, 0.4) is 0 Å². The van der Waals surface area contributed by atoms with Gasteiger partial charge in [-0.15, -0.1) is 12.4 Å². The number of fused-ring (bicyclic) bond motifs is 3. The SMILES string of the molecule is CCN(CC)CCOC(=O)c1nn(-c2ccc(F)cc2)c2c1CCc1cc(Cl)ccc1-2.Cl. The van der Waals surface area contributed by atoms with Crippen LogP contribution >= 0.6 is 24.0 Å². The number of aryl methyl sites for hydroxylation is 1. The number of rotatable bonds is 7. The van der Waals surface area contributed by atoms with E-state index in [9.17, 15) is 9.18 Å². The molecule has 0 N–H and O–H groups in total. The fourth-order valence-corrected chi connectivity index (χ4v) is 4.23. The minimum absolute atomic E-state index is 0. The second kappa shape index (κ2) is 10.5. The van der Waals surface area contributed by atoms with Gasteiger partial charge < -0.3 is 9.64 Å². The van der Waals surface area contributed by atoms with E-state index >= 15 is 0 Å². The number of carbonyl (C=O) groups is 1. The summed E-state index contributed by atoms with van der Waals surface area (Å²) in [5.74, 6) is -0.755. The summed E-state index contributed by atoms with van der Waals surface area (Å²) in [4.78, 5) is 15.1. The first-order chi connectivity index (χ1) is 15.0. The largest absolute Gasteiger partial charge is 0.460 e. The lowest BCUT2D eigenvalue weighted by molar-refractivity contribution is 0.0458. The Morgan fingerprint density at radius 2 is 1.88 bits per heavy atom. The average Bonchev–Trinajstić information content (AvgIpc) is 3.17. The van der Waals surface area contributed by atoms with E-state index in [0.29, 0.717) is 36.0 Å². The number of benzene rings is 2. The summed E-state index contributed by atoms with van der Waals surface area (Å²) in [5, 5.41) is 5.30. The maximum absolute atomic E-state index is 13.5. The van der Waals surface area contributed by atoms with Crippen molar-refractivity contribution in [1.29, 1.82) is 0 Å². The van der Waals surface area contributed by atoms with E-state index in [2.05, 4.69) is 23.8 Å². The fourth-order valence-electron chi connectivity index (χ4n) is 4.03. The molecular weight excluding hydrogens is 452 g/mol. The van der Waals surface area contributed by atoms with E-state index in [1.54, 1.807) is 16.8 Å². The molecule has 0 saturated heterocycles. The topological polar surface area (TPSA) is 47.4 Å². The highest BCUT2D eigenvalue weighted by Gasteiger charge is 2.29. The molecule has 0 spiro atoms. The zero-order valence-electron chi connectivity index (χ0n) is 18.1. The Kier molecular flexibility index (Phi) is 7.93. The first kappa shape index (κ1) is 24.2. The second-order valence-corrected chi connectivity index (χ2v) is 7.96. The molecule has 1 heterocycles. The number of halogens is 3. The zero-order valence-corrected chi connectivity index (χ0v) is 19.7. The molecule has 0 saturated carbocycles. The molecule has 0 atom stereocenters. The predicted molar refractivity (Wildman–Crippen MR) is 127 cm³/mol. The van der Waals surface area contributed by atoms with Crippen LogP contribution in [0.2, 0.25) is 5.02 Å². The molecule has 0 amide bonds. The number of likely N-dealkylation sites (N-methyl/N-ethyl adjacent to an activating group) is 1. The Hall–Kier alpha value is -2.41. The van der Waals surface area contributed by atoms with E-state index in [0.717, 1.165) is 41.9 Å². The molecule has 170 valence electrons. The molecular formula is C24H26Cl2FN3O2. The molecule has 0 unspecified atom stereocenters. The Morgan fingerprint density at radius 3 is 2.56 bits per heavy atom. The van der Waals surface area contributed by atoms with E-state index in [4.69, 9.17) is 16.3 Å². The Balaban J connectivity index is 0.00000289. The minimum Gasteiger partial charge on any atom is -0.460 e. The van der Waals surface area contributed by atoms with Crippen molar-refractivity contribution in [2.45, 2.75) is 26.7 Å². The van der Waals surface area contributed by atoms with Crippen LogP contribution in [0.25, 0.3) is 16.9 Å². The molecule has 1 aromatic heterocycles. The van der Waals surface area contributed by atoms with Gasteiger partial charge in [-0.2, -0.15) is 5.10 Å². The van der Waals surface area contributed by atoms with Crippen molar-refractivity contribution in [3.63, 3.8) is 0 Å². The van der Waals surface area contributed by atoms with E-state index in [1.807, 2.05) is 18.2 Å². The zero-order chi connectivity index (χ0) is 22.0. The molecule has 1 aliphatic rings. The predicted octanol–water partition coefficient (Wildman–Crippen LogP) is 5.35. The highest BCUT2D eigenvalue weighted by Crippen LogP contribution is 2.38. The van der Waals surface area contributed by atoms with Gasteiger partial charge in [-0.25, -0.2) is 13.9 Å². The molecule has 2 aromatic carbocycles. The number of hydrogen-bond donors (Lipinski definition) is 0. The molecule has 5 nitrogen and oxygen atoms in total. The van der Waals surface area contributed by atoms with Crippen LogP contribution in [-0.2, 0) is 17.6 Å². The van der Waals surface area contributed by atoms with Crippen molar-refractivity contribution in [1.82, 2.24) is 14.7 Å². The third kappa shape index (κ3) is 4.82. The van der Waals surface area contributed by atoms with Gasteiger partial charge in [0.25, 0.3) is 0 Å². The van der Waals surface area contributed by atoms with Crippen molar-refractivity contribution in [2.75, 3.05) is 26.2 Å². The molecule has 4 rings (SSSR count). The third-order valence-electron chi connectivity index (χ3n) is 5.75. The smallest absolute Gasteiger partial charge is 0.359 e. The lowest BCUT2D eigenvalue weighted by Gasteiger charge is -2.19. The van der Waals surface area contributed by atoms with Gasteiger partial charge in [0.1, 0.15) is 12.4 Å². The van der Waals surface area contributed by atoms with Gasteiger partial charge in [0, 0.05) is 22.7 Å². The first-order valence-electron chi connectivity index (χ1n) is 10.6. The molecule has 0 fully saturated rings. The summed E-state index contributed by atoms with van der Waals surface area (Å²) in [7, 11) is 0. The van der Waals surface area contributed by atoms with E-state index < -0.39 is 5.97 Å². The number of nitrogens with zero attached hydrogens (tertiary/aromatic N) is 3. The molecule has 8 heteroatoms. The maximum atomic E-state index is 13.5. The molecule has 0 radical (unpaired) electrons. The van der Waals surface area contributed by atoms with Crippen LogP contribution in [0.1, 0.15) is 35.5 Å². The van der Waals surface area contributed by atoms with E-state index in [-0.39, 0.29) is 18.2 Å². The number of carbonyl (C=O) groups excluding carboxylic acids is 1. The van der Waals surface area contributed by atoms with Crippen molar-refractivity contribution in [2.24, 2.45) is 0 Å². The molecule has 0 bridgehead atoms. The van der Waals surface area contributed by atoms with Crippen LogP contribution in [0.4, 0.5) is 4.39 Å². The number of aromatic nitrogens is 2. The molecule has 1 aliphatic carbocycles. The summed E-state index contributed by atoms with van der Waals surface area (Å²) in [5.41, 5.74) is 4.77. The van der Waals surface area contributed by atoms with Gasteiger partial charge >= 0.3 is 5.97 Å². The van der Waals surface area contributed by atoms with Crippen molar-refractivity contribution in [3.05, 3.63) is 70.1 Å². The Labute approximate surface area is 198 Å². The van der Waals surface area contributed by atoms with Crippen LogP contribution in [-0.4, -0.2) is 46.9 Å². The summed E-state index contributed by atoms with van der Waals surface area (Å²) in [6, 6.07) is 11.8. The van der Waals surface area contributed by atoms with Crippen LogP contribution in [0.15, 0.2) is 42.5 Å². The van der Waals surface area contributed by atoms with E-state index in [1.165, 1.54) is 12.1 Å². The van der Waals surface area contributed by atoms with Crippen molar-refractivity contribution < 1.29 is 13.9 Å². The average molecular weight is 478 g/mol. The number of esters is 1. The van der Waals surface area contributed by atoms with Crippen molar-refractivity contribution >= 4 is 30.0 Å². The Bertz CT molecular complexity index is 1100. The molecule has 32 heavy (non-hydrogen) atoms. The lowest BCUT2D eigenvalue weighted by atomic mass is 9.89. The quantitative estimate of drug-likeness (QED) is 0.430. The monoisotopic (exact) mass is 477 g/mol. The van der Waals surface area contributed by atoms with Crippen LogP contribution in [0, 0.1) is 5.82 Å². The standard InChI is InChI=1S/C24H25ClFN3O2.ClH/c1-3-28(4-2)13-14-31-24(30)22-21-11-5-16-15-17(25)6-12-20(16)23(21)29(27-22)19-9-7-18(26)8-10-19;/h6-10,12,15H,3-5,11,13-14H2,1-2H3;1H. The lowest BCUT2D eigenvalue weighted by Crippen LogP contribution is -2.28. The summed E-state index contributed by atoms with van der Waals surface area (Å²) in [6.07, 6.45) is 1.42. The van der Waals surface area contributed by atoms with Gasteiger partial charge in [-0.05, 0) is 67.9 Å². The van der Waals surface area contributed by atoms with Crippen LogP contribution in [0.5, 0.6) is 0 Å². The van der Waals surface area contributed by atoms with Gasteiger partial charge in [0.15, 0.2) is 5.69 Å². The maximum Gasteiger partial charge on any atom is 0.359 e. The van der Waals surface area contributed by atoms with Crippen molar-refractivity contribution in [3.8, 4) is 16.9 Å². The second-order valence-electron chi connectivity index (χ2n) is 7.53. The summed E-state index contributed by atoms with van der Waals surface area (Å²) >= 11 is 6.20.